The van der Waals surface area contributed by atoms with Crippen LogP contribution in [0.4, 0.5) is 4.79 Å². The number of hydrogen-bond donors (Lipinski definition) is 2. The van der Waals surface area contributed by atoms with Gasteiger partial charge >= 0.3 is 6.09 Å². The molecule has 0 aromatic rings. The molecule has 1 amide bonds. The summed E-state index contributed by atoms with van der Waals surface area (Å²) in [6.07, 6.45) is 1.15. The van der Waals surface area contributed by atoms with E-state index in [0.29, 0.717) is 24.6 Å². The Labute approximate surface area is 134 Å². The highest BCUT2D eigenvalue weighted by Gasteiger charge is 2.59. The second kappa shape index (κ2) is 5.68. The van der Waals surface area contributed by atoms with Crippen molar-refractivity contribution < 1.29 is 14.3 Å². The zero-order valence-electron chi connectivity index (χ0n) is 15.1. The standard InChI is InChI=1S/C17H32N2O3/c1-15(2,3)22-14(20)19-16(4,5)10-18-12-11-8-9-21-13(11)17(12,6)7/h11-13,18H,8-10H2,1-7H3,(H,19,20). The first-order valence-electron chi connectivity index (χ1n) is 8.28. The van der Waals surface area contributed by atoms with E-state index in [0.717, 1.165) is 13.0 Å². The van der Waals surface area contributed by atoms with Gasteiger partial charge in [0, 0.05) is 30.5 Å². The fraction of sp³-hybridized carbons (Fsp3) is 0.941. The van der Waals surface area contributed by atoms with E-state index in [1.807, 2.05) is 34.6 Å². The number of carbonyl (C=O) groups is 1. The Hall–Kier alpha value is -0.810. The van der Waals surface area contributed by atoms with E-state index in [2.05, 4.69) is 24.5 Å². The van der Waals surface area contributed by atoms with Crippen LogP contribution in [0, 0.1) is 11.3 Å². The first-order valence-corrected chi connectivity index (χ1v) is 8.28. The van der Waals surface area contributed by atoms with Gasteiger partial charge in [0.1, 0.15) is 5.60 Å². The molecule has 2 aliphatic rings. The Morgan fingerprint density at radius 2 is 1.91 bits per heavy atom. The van der Waals surface area contributed by atoms with Crippen LogP contribution in [0.1, 0.15) is 54.9 Å². The summed E-state index contributed by atoms with van der Waals surface area (Å²) in [6, 6.07) is 0.444. The topological polar surface area (TPSA) is 59.6 Å². The molecular weight excluding hydrogens is 280 g/mol. The highest BCUT2D eigenvalue weighted by Crippen LogP contribution is 2.52. The summed E-state index contributed by atoms with van der Waals surface area (Å²) in [6.45, 7) is 15.7. The molecule has 0 bridgehead atoms. The predicted molar refractivity (Wildman–Crippen MR) is 86.9 cm³/mol. The van der Waals surface area contributed by atoms with Crippen LogP contribution in [0.25, 0.3) is 0 Å². The molecule has 2 rings (SSSR count). The monoisotopic (exact) mass is 312 g/mol. The van der Waals surface area contributed by atoms with Crippen molar-refractivity contribution in [3.8, 4) is 0 Å². The highest BCUT2D eigenvalue weighted by atomic mass is 16.6. The number of fused-ring (bicyclic) bond motifs is 1. The number of ether oxygens (including phenoxy) is 2. The zero-order valence-corrected chi connectivity index (χ0v) is 15.1. The fourth-order valence-electron chi connectivity index (χ4n) is 3.73. The van der Waals surface area contributed by atoms with Gasteiger partial charge in [-0.1, -0.05) is 13.8 Å². The zero-order chi connectivity index (χ0) is 16.8. The molecule has 0 aromatic heterocycles. The Morgan fingerprint density at radius 1 is 1.27 bits per heavy atom. The molecule has 1 aliphatic heterocycles. The number of nitrogens with one attached hydrogen (secondary N) is 2. The second-order valence-electron chi connectivity index (χ2n) is 8.93. The molecule has 0 radical (unpaired) electrons. The van der Waals surface area contributed by atoms with E-state index < -0.39 is 5.60 Å². The maximum atomic E-state index is 11.9. The molecular formula is C17H32N2O3. The number of carbonyl (C=O) groups excluding carboxylic acids is 1. The van der Waals surface area contributed by atoms with Gasteiger partial charge in [-0.05, 0) is 41.0 Å². The molecule has 0 spiro atoms. The Bertz CT molecular complexity index is 426. The minimum absolute atomic E-state index is 0.156. The summed E-state index contributed by atoms with van der Waals surface area (Å²) in [5.74, 6) is 0.604. The van der Waals surface area contributed by atoms with Gasteiger partial charge in [-0.3, -0.25) is 0 Å². The fourth-order valence-corrected chi connectivity index (χ4v) is 3.73. The summed E-state index contributed by atoms with van der Waals surface area (Å²) in [5.41, 5.74) is -0.676. The van der Waals surface area contributed by atoms with E-state index in [1.165, 1.54) is 0 Å². The highest BCUT2D eigenvalue weighted by molar-refractivity contribution is 5.68. The number of rotatable bonds is 4. The van der Waals surface area contributed by atoms with E-state index >= 15 is 0 Å². The van der Waals surface area contributed by atoms with Crippen molar-refractivity contribution in [1.29, 1.82) is 0 Å². The predicted octanol–water partition coefficient (Wildman–Crippen LogP) is 2.69. The second-order valence-corrected chi connectivity index (χ2v) is 8.93. The SMILES string of the molecule is CC(C)(CNC1C2CCOC2C1(C)C)NC(=O)OC(C)(C)C. The number of hydrogen-bond acceptors (Lipinski definition) is 4. The minimum Gasteiger partial charge on any atom is -0.444 e. The molecule has 128 valence electrons. The van der Waals surface area contributed by atoms with Gasteiger partial charge in [0.15, 0.2) is 0 Å². The van der Waals surface area contributed by atoms with Gasteiger partial charge in [0.05, 0.1) is 11.6 Å². The van der Waals surface area contributed by atoms with E-state index in [9.17, 15) is 4.79 Å². The van der Waals surface area contributed by atoms with Crippen LogP contribution in [0.5, 0.6) is 0 Å². The summed E-state index contributed by atoms with van der Waals surface area (Å²) in [5, 5.41) is 6.59. The van der Waals surface area contributed by atoms with Crippen molar-refractivity contribution in [3.05, 3.63) is 0 Å². The van der Waals surface area contributed by atoms with E-state index in [1.54, 1.807) is 0 Å². The van der Waals surface area contributed by atoms with E-state index in [-0.39, 0.29) is 17.0 Å². The van der Waals surface area contributed by atoms with Crippen LogP contribution in [-0.2, 0) is 9.47 Å². The Balaban J connectivity index is 1.84. The van der Waals surface area contributed by atoms with Gasteiger partial charge in [-0.25, -0.2) is 4.79 Å². The van der Waals surface area contributed by atoms with Crippen molar-refractivity contribution in [3.63, 3.8) is 0 Å². The minimum atomic E-state index is -0.474. The smallest absolute Gasteiger partial charge is 0.408 e. The molecule has 0 aromatic carbocycles. The van der Waals surface area contributed by atoms with Crippen LogP contribution < -0.4 is 10.6 Å². The van der Waals surface area contributed by atoms with E-state index in [4.69, 9.17) is 9.47 Å². The van der Waals surface area contributed by atoms with Crippen LogP contribution in [0.15, 0.2) is 0 Å². The largest absolute Gasteiger partial charge is 0.444 e. The van der Waals surface area contributed by atoms with Crippen LogP contribution >= 0.6 is 0 Å². The van der Waals surface area contributed by atoms with Crippen molar-refractivity contribution in [2.24, 2.45) is 11.3 Å². The van der Waals surface area contributed by atoms with Crippen molar-refractivity contribution in [1.82, 2.24) is 10.6 Å². The molecule has 2 fully saturated rings. The summed E-state index contributed by atoms with van der Waals surface area (Å²) >= 11 is 0. The lowest BCUT2D eigenvalue weighted by atomic mass is 9.57. The quantitative estimate of drug-likeness (QED) is 0.838. The van der Waals surface area contributed by atoms with Crippen LogP contribution in [0.3, 0.4) is 0 Å². The van der Waals surface area contributed by atoms with Crippen LogP contribution in [0.2, 0.25) is 0 Å². The van der Waals surface area contributed by atoms with Crippen LogP contribution in [-0.4, -0.2) is 42.5 Å². The molecule has 22 heavy (non-hydrogen) atoms. The molecule has 1 saturated heterocycles. The molecule has 1 heterocycles. The van der Waals surface area contributed by atoms with Gasteiger partial charge in [-0.2, -0.15) is 0 Å². The Morgan fingerprint density at radius 3 is 2.50 bits per heavy atom. The first-order chi connectivity index (χ1) is 9.92. The summed E-state index contributed by atoms with van der Waals surface area (Å²) < 4.78 is 11.2. The molecule has 5 heteroatoms. The molecule has 3 unspecified atom stereocenters. The maximum Gasteiger partial charge on any atom is 0.408 e. The van der Waals surface area contributed by atoms with Gasteiger partial charge in [0.25, 0.3) is 0 Å². The molecule has 1 aliphatic carbocycles. The summed E-state index contributed by atoms with van der Waals surface area (Å²) in [7, 11) is 0. The van der Waals surface area contributed by atoms with Crippen molar-refractivity contribution in [2.45, 2.75) is 78.2 Å². The summed E-state index contributed by atoms with van der Waals surface area (Å²) in [4.78, 5) is 11.9. The van der Waals surface area contributed by atoms with Gasteiger partial charge in [-0.15, -0.1) is 0 Å². The van der Waals surface area contributed by atoms with Gasteiger partial charge in [0.2, 0.25) is 0 Å². The third kappa shape index (κ3) is 3.74. The lowest BCUT2D eigenvalue weighted by molar-refractivity contribution is -0.113. The normalized spacial score (nSPS) is 30.4. The average molecular weight is 312 g/mol. The molecule has 5 nitrogen and oxygen atoms in total. The first kappa shape index (κ1) is 17.5. The number of alkyl carbamates (subject to hydrolysis) is 1. The maximum absolute atomic E-state index is 11.9. The number of amides is 1. The molecule has 1 saturated carbocycles. The molecule has 2 N–H and O–H groups in total. The van der Waals surface area contributed by atoms with Gasteiger partial charge < -0.3 is 20.1 Å². The lowest BCUT2D eigenvalue weighted by Crippen LogP contribution is -2.68. The Kier molecular flexibility index (Phi) is 4.53. The third-order valence-corrected chi connectivity index (χ3v) is 4.70. The average Bonchev–Trinajstić information content (AvgIpc) is 2.71. The van der Waals surface area contributed by atoms with Crippen molar-refractivity contribution >= 4 is 6.09 Å². The third-order valence-electron chi connectivity index (χ3n) is 4.70. The van der Waals surface area contributed by atoms with Crippen molar-refractivity contribution in [2.75, 3.05) is 13.2 Å². The molecule has 3 atom stereocenters. The lowest BCUT2D eigenvalue weighted by Gasteiger charge is -2.55.